The number of ether oxygens (including phenoxy) is 1. The fourth-order valence-electron chi connectivity index (χ4n) is 3.90. The van der Waals surface area contributed by atoms with Gasteiger partial charge in [-0.25, -0.2) is 4.98 Å². The Morgan fingerprint density at radius 2 is 1.93 bits per heavy atom. The van der Waals surface area contributed by atoms with Crippen LogP contribution in [-0.2, 0) is 6.54 Å². The Morgan fingerprint density at radius 3 is 2.69 bits per heavy atom. The van der Waals surface area contributed by atoms with Gasteiger partial charge in [0.05, 0.1) is 18.3 Å². The van der Waals surface area contributed by atoms with Gasteiger partial charge in [-0.15, -0.1) is 0 Å². The zero-order valence-corrected chi connectivity index (χ0v) is 16.7. The summed E-state index contributed by atoms with van der Waals surface area (Å²) in [6, 6.07) is 13.8. The van der Waals surface area contributed by atoms with Crippen LogP contribution in [0.4, 0.5) is 0 Å². The molecule has 1 aromatic carbocycles. The summed E-state index contributed by atoms with van der Waals surface area (Å²) >= 11 is 0. The lowest BCUT2D eigenvalue weighted by atomic mass is 9.98. The van der Waals surface area contributed by atoms with Crippen LogP contribution in [0.1, 0.15) is 43.5 Å². The summed E-state index contributed by atoms with van der Waals surface area (Å²) in [6.45, 7) is 4.48. The summed E-state index contributed by atoms with van der Waals surface area (Å²) < 4.78 is 5.54. The number of piperidine rings is 1. The van der Waals surface area contributed by atoms with E-state index in [0.29, 0.717) is 12.4 Å². The number of nitrogens with one attached hydrogen (secondary N) is 1. The topological polar surface area (TPSA) is 71.1 Å². The van der Waals surface area contributed by atoms with E-state index in [1.807, 2.05) is 31.2 Å². The second kappa shape index (κ2) is 9.01. The Balaban J connectivity index is 1.59. The van der Waals surface area contributed by atoms with Crippen molar-refractivity contribution in [3.05, 3.63) is 76.5 Å². The predicted octanol–water partition coefficient (Wildman–Crippen LogP) is 3.96. The lowest BCUT2D eigenvalue weighted by Gasteiger charge is -2.35. The zero-order valence-electron chi connectivity index (χ0n) is 16.7. The Labute approximate surface area is 170 Å². The minimum Gasteiger partial charge on any atom is -0.494 e. The quantitative estimate of drug-likeness (QED) is 0.690. The van der Waals surface area contributed by atoms with Gasteiger partial charge < -0.3 is 9.72 Å². The van der Waals surface area contributed by atoms with Crippen LogP contribution >= 0.6 is 0 Å². The van der Waals surface area contributed by atoms with E-state index in [9.17, 15) is 4.79 Å². The molecule has 1 N–H and O–H groups in total. The molecule has 0 bridgehead atoms. The molecule has 0 radical (unpaired) electrons. The van der Waals surface area contributed by atoms with Crippen LogP contribution in [0, 0.1) is 0 Å². The van der Waals surface area contributed by atoms with Crippen LogP contribution in [-0.4, -0.2) is 33.0 Å². The molecule has 1 aliphatic rings. The van der Waals surface area contributed by atoms with E-state index in [1.165, 1.54) is 5.56 Å². The summed E-state index contributed by atoms with van der Waals surface area (Å²) in [5.41, 5.74) is 2.83. The smallest absolute Gasteiger partial charge is 0.251 e. The summed E-state index contributed by atoms with van der Waals surface area (Å²) in [5.74, 6) is 1.49. The minimum atomic E-state index is -0.117. The molecule has 1 aliphatic heterocycles. The molecule has 0 saturated carbocycles. The van der Waals surface area contributed by atoms with Crippen molar-refractivity contribution >= 4 is 0 Å². The fraction of sp³-hybridized carbons (Fsp3) is 0.348. The first-order valence-electron chi connectivity index (χ1n) is 10.2. The summed E-state index contributed by atoms with van der Waals surface area (Å²) in [4.78, 5) is 26.5. The largest absolute Gasteiger partial charge is 0.494 e. The first-order chi connectivity index (χ1) is 14.2. The third kappa shape index (κ3) is 4.71. The molecule has 0 aliphatic carbocycles. The number of aromatic amines is 1. The Hall–Kier alpha value is -2.99. The molecule has 2 aromatic heterocycles. The van der Waals surface area contributed by atoms with Crippen LogP contribution in [0.3, 0.4) is 0 Å². The third-order valence-corrected chi connectivity index (χ3v) is 5.29. The molecule has 1 fully saturated rings. The van der Waals surface area contributed by atoms with Crippen LogP contribution < -0.4 is 10.3 Å². The molecule has 4 rings (SSSR count). The van der Waals surface area contributed by atoms with Gasteiger partial charge in [-0.05, 0) is 56.1 Å². The van der Waals surface area contributed by atoms with E-state index >= 15 is 0 Å². The minimum absolute atomic E-state index is 0.117. The first-order valence-corrected chi connectivity index (χ1v) is 10.2. The second-order valence-corrected chi connectivity index (χ2v) is 7.31. The number of H-pyrrole nitrogens is 1. The number of aromatic nitrogens is 3. The van der Waals surface area contributed by atoms with Crippen molar-refractivity contribution in [3.8, 4) is 17.1 Å². The van der Waals surface area contributed by atoms with Crippen LogP contribution in [0.15, 0.2) is 59.7 Å². The fourth-order valence-corrected chi connectivity index (χ4v) is 3.90. The van der Waals surface area contributed by atoms with Crippen molar-refractivity contribution in [3.63, 3.8) is 0 Å². The molecule has 3 aromatic rings. The van der Waals surface area contributed by atoms with Gasteiger partial charge in [0.25, 0.3) is 5.56 Å². The van der Waals surface area contributed by atoms with Crippen molar-refractivity contribution in [2.45, 2.75) is 38.8 Å². The van der Waals surface area contributed by atoms with Gasteiger partial charge in [0.15, 0.2) is 0 Å². The molecular weight excluding hydrogens is 364 g/mol. The number of nitrogens with zero attached hydrogens (tertiary/aromatic N) is 3. The molecule has 1 atom stereocenters. The van der Waals surface area contributed by atoms with E-state index in [4.69, 9.17) is 9.72 Å². The van der Waals surface area contributed by atoms with Gasteiger partial charge in [0.1, 0.15) is 11.6 Å². The van der Waals surface area contributed by atoms with Gasteiger partial charge in [0, 0.05) is 30.6 Å². The number of likely N-dealkylation sites (tertiary alicyclic amines) is 1. The Bertz CT molecular complexity index is 986. The van der Waals surface area contributed by atoms with Crippen LogP contribution in [0.25, 0.3) is 11.4 Å². The van der Waals surface area contributed by atoms with E-state index in [1.54, 1.807) is 18.5 Å². The summed E-state index contributed by atoms with van der Waals surface area (Å²) in [6.07, 6.45) is 6.72. The molecular formula is C23H26N4O2. The maximum Gasteiger partial charge on any atom is 0.251 e. The van der Waals surface area contributed by atoms with Crippen molar-refractivity contribution < 1.29 is 4.74 Å². The standard InChI is InChI=1S/C23H26N4O2/c1-2-29-19-8-6-17(7-9-19)16-27-14-4-3-5-21(27)20-15-22(28)26-23(25-20)18-10-12-24-13-11-18/h6-13,15,21H,2-5,14,16H2,1H3,(H,25,26,28). The number of pyridine rings is 1. The lowest BCUT2D eigenvalue weighted by molar-refractivity contribution is 0.137. The van der Waals surface area contributed by atoms with Crippen LogP contribution in [0.2, 0.25) is 0 Å². The van der Waals surface area contributed by atoms with Gasteiger partial charge in [-0.3, -0.25) is 14.7 Å². The molecule has 29 heavy (non-hydrogen) atoms. The zero-order chi connectivity index (χ0) is 20.1. The van der Waals surface area contributed by atoms with Gasteiger partial charge in [-0.2, -0.15) is 0 Å². The van der Waals surface area contributed by atoms with E-state index in [-0.39, 0.29) is 11.6 Å². The molecule has 1 saturated heterocycles. The summed E-state index contributed by atoms with van der Waals surface area (Å²) in [5, 5.41) is 0. The maximum atomic E-state index is 12.3. The Morgan fingerprint density at radius 1 is 1.14 bits per heavy atom. The highest BCUT2D eigenvalue weighted by Crippen LogP contribution is 2.31. The molecule has 150 valence electrons. The van der Waals surface area contributed by atoms with E-state index in [2.05, 4.69) is 27.0 Å². The molecule has 6 nitrogen and oxygen atoms in total. The third-order valence-electron chi connectivity index (χ3n) is 5.29. The average molecular weight is 390 g/mol. The first kappa shape index (κ1) is 19.3. The number of hydrogen-bond donors (Lipinski definition) is 1. The number of hydrogen-bond acceptors (Lipinski definition) is 5. The number of rotatable bonds is 6. The van der Waals surface area contributed by atoms with Crippen molar-refractivity contribution in [2.75, 3.05) is 13.2 Å². The van der Waals surface area contributed by atoms with E-state index < -0.39 is 0 Å². The van der Waals surface area contributed by atoms with Crippen LogP contribution in [0.5, 0.6) is 5.75 Å². The average Bonchev–Trinajstić information content (AvgIpc) is 2.76. The van der Waals surface area contributed by atoms with Gasteiger partial charge in [0.2, 0.25) is 0 Å². The molecule has 0 spiro atoms. The summed E-state index contributed by atoms with van der Waals surface area (Å²) in [7, 11) is 0. The maximum absolute atomic E-state index is 12.3. The highest BCUT2D eigenvalue weighted by Gasteiger charge is 2.26. The highest BCUT2D eigenvalue weighted by molar-refractivity contribution is 5.53. The second-order valence-electron chi connectivity index (χ2n) is 7.31. The SMILES string of the molecule is CCOc1ccc(CN2CCCCC2c2cc(=O)[nH]c(-c3ccncc3)n2)cc1. The molecule has 1 unspecified atom stereocenters. The Kier molecular flexibility index (Phi) is 6.00. The molecule has 0 amide bonds. The molecule has 3 heterocycles. The van der Waals surface area contributed by atoms with Gasteiger partial charge >= 0.3 is 0 Å². The van der Waals surface area contributed by atoms with Crippen molar-refractivity contribution in [2.24, 2.45) is 0 Å². The lowest BCUT2D eigenvalue weighted by Crippen LogP contribution is -2.34. The highest BCUT2D eigenvalue weighted by atomic mass is 16.5. The van der Waals surface area contributed by atoms with Crippen molar-refractivity contribution in [1.82, 2.24) is 19.9 Å². The van der Waals surface area contributed by atoms with Crippen molar-refractivity contribution in [1.29, 1.82) is 0 Å². The normalized spacial score (nSPS) is 17.2. The number of benzene rings is 1. The predicted molar refractivity (Wildman–Crippen MR) is 113 cm³/mol. The van der Waals surface area contributed by atoms with Gasteiger partial charge in [-0.1, -0.05) is 18.6 Å². The van der Waals surface area contributed by atoms with E-state index in [0.717, 1.165) is 49.4 Å². The monoisotopic (exact) mass is 390 g/mol. The molecule has 6 heteroatoms.